The van der Waals surface area contributed by atoms with Gasteiger partial charge in [0, 0.05) is 37.8 Å². The van der Waals surface area contributed by atoms with Crippen molar-refractivity contribution in [2.75, 3.05) is 25.0 Å². The molecule has 0 bridgehead atoms. The van der Waals surface area contributed by atoms with Gasteiger partial charge in [-0.1, -0.05) is 6.07 Å². The van der Waals surface area contributed by atoms with Crippen molar-refractivity contribution < 1.29 is 14.4 Å². The van der Waals surface area contributed by atoms with Crippen molar-refractivity contribution in [2.45, 2.75) is 45.6 Å². The van der Waals surface area contributed by atoms with Gasteiger partial charge in [-0.3, -0.25) is 14.4 Å². The van der Waals surface area contributed by atoms with E-state index in [-0.39, 0.29) is 11.9 Å². The summed E-state index contributed by atoms with van der Waals surface area (Å²) in [7, 11) is 0. The van der Waals surface area contributed by atoms with E-state index in [1.54, 1.807) is 11.0 Å². The highest BCUT2D eigenvalue weighted by atomic mass is 16.2. The number of benzene rings is 1. The molecule has 2 heterocycles. The van der Waals surface area contributed by atoms with Crippen LogP contribution in [0.3, 0.4) is 0 Å². The lowest BCUT2D eigenvalue weighted by molar-refractivity contribution is -0.144. The Morgan fingerprint density at radius 2 is 1.80 bits per heavy atom. The average molecular weight is 343 g/mol. The third-order valence-electron chi connectivity index (χ3n) is 5.26. The Labute approximate surface area is 148 Å². The number of anilines is 1. The molecule has 1 aromatic rings. The van der Waals surface area contributed by atoms with E-state index in [1.165, 1.54) is 0 Å². The second kappa shape index (κ2) is 7.25. The van der Waals surface area contributed by atoms with Gasteiger partial charge < -0.3 is 15.1 Å². The Kier molecular flexibility index (Phi) is 5.06. The number of aryl methyl sites for hydroxylation is 2. The van der Waals surface area contributed by atoms with Crippen LogP contribution in [0.4, 0.5) is 5.69 Å². The van der Waals surface area contributed by atoms with Crippen LogP contribution in [0.25, 0.3) is 0 Å². The molecule has 3 amide bonds. The minimum atomic E-state index is -0.598. The molecule has 2 aliphatic rings. The molecule has 2 saturated heterocycles. The van der Waals surface area contributed by atoms with Crippen LogP contribution < -0.4 is 5.32 Å². The van der Waals surface area contributed by atoms with Gasteiger partial charge in [0.25, 0.3) is 0 Å². The molecule has 0 spiro atoms. The highest BCUT2D eigenvalue weighted by molar-refractivity contribution is 6.39. The largest absolute Gasteiger partial charge is 0.340 e. The van der Waals surface area contributed by atoms with Crippen LogP contribution in [0.1, 0.15) is 36.8 Å². The fourth-order valence-corrected chi connectivity index (χ4v) is 3.58. The highest BCUT2D eigenvalue weighted by Gasteiger charge is 2.33. The normalized spacial score (nSPS) is 18.6. The molecule has 1 N–H and O–H groups in total. The number of nitrogens with one attached hydrogen (secondary N) is 1. The van der Waals surface area contributed by atoms with Crippen LogP contribution >= 0.6 is 0 Å². The lowest BCUT2D eigenvalue weighted by Crippen LogP contribution is -2.49. The minimum Gasteiger partial charge on any atom is -0.340 e. The van der Waals surface area contributed by atoms with Crippen LogP contribution in [0.15, 0.2) is 18.2 Å². The zero-order valence-electron chi connectivity index (χ0n) is 14.9. The molecule has 0 aliphatic carbocycles. The number of carbonyl (C=O) groups excluding carboxylic acids is 3. The summed E-state index contributed by atoms with van der Waals surface area (Å²) in [6.07, 6.45) is 3.05. The number of likely N-dealkylation sites (tertiary alicyclic amines) is 2. The number of hydrogen-bond acceptors (Lipinski definition) is 3. The number of nitrogens with zero attached hydrogens (tertiary/aromatic N) is 2. The molecule has 134 valence electrons. The summed E-state index contributed by atoms with van der Waals surface area (Å²) >= 11 is 0. The molecular weight excluding hydrogens is 318 g/mol. The second-order valence-electron chi connectivity index (χ2n) is 6.97. The molecular formula is C19H25N3O3. The van der Waals surface area contributed by atoms with Gasteiger partial charge in [0.1, 0.15) is 0 Å². The molecule has 6 heteroatoms. The summed E-state index contributed by atoms with van der Waals surface area (Å²) in [6, 6.07) is 5.81. The van der Waals surface area contributed by atoms with Crippen LogP contribution in [0.5, 0.6) is 0 Å². The van der Waals surface area contributed by atoms with Crippen molar-refractivity contribution in [3.05, 3.63) is 29.3 Å². The third kappa shape index (κ3) is 3.83. The minimum absolute atomic E-state index is 0.210. The summed E-state index contributed by atoms with van der Waals surface area (Å²) in [4.78, 5) is 40.0. The zero-order valence-corrected chi connectivity index (χ0v) is 14.9. The zero-order chi connectivity index (χ0) is 18.0. The van der Waals surface area contributed by atoms with E-state index in [0.717, 1.165) is 36.9 Å². The predicted octanol–water partition coefficient (Wildman–Crippen LogP) is 1.86. The maximum Gasteiger partial charge on any atom is 0.313 e. The molecule has 0 atom stereocenters. The average Bonchev–Trinajstić information content (AvgIpc) is 3.03. The molecule has 25 heavy (non-hydrogen) atoms. The molecule has 0 saturated carbocycles. The predicted molar refractivity (Wildman–Crippen MR) is 95.1 cm³/mol. The van der Waals surface area contributed by atoms with Crippen LogP contribution in [0, 0.1) is 13.8 Å². The number of amides is 3. The van der Waals surface area contributed by atoms with Crippen molar-refractivity contribution in [1.29, 1.82) is 0 Å². The molecule has 2 aliphatic heterocycles. The van der Waals surface area contributed by atoms with Crippen LogP contribution in [0.2, 0.25) is 0 Å². The van der Waals surface area contributed by atoms with Crippen molar-refractivity contribution in [3.63, 3.8) is 0 Å². The maximum atomic E-state index is 12.4. The number of rotatable bonds is 2. The number of carbonyl (C=O) groups is 3. The van der Waals surface area contributed by atoms with Gasteiger partial charge in [-0.2, -0.15) is 0 Å². The second-order valence-corrected chi connectivity index (χ2v) is 6.97. The first-order chi connectivity index (χ1) is 12.0. The molecule has 3 rings (SSSR count). The van der Waals surface area contributed by atoms with E-state index in [0.29, 0.717) is 25.2 Å². The Morgan fingerprint density at radius 1 is 1.08 bits per heavy atom. The molecule has 1 aromatic carbocycles. The molecule has 0 radical (unpaired) electrons. The van der Waals surface area contributed by atoms with Gasteiger partial charge in [0.2, 0.25) is 5.91 Å². The fraction of sp³-hybridized carbons (Fsp3) is 0.526. The lowest BCUT2D eigenvalue weighted by atomic mass is 10.0. The summed E-state index contributed by atoms with van der Waals surface area (Å²) in [5.74, 6) is -0.874. The van der Waals surface area contributed by atoms with Crippen LogP contribution in [-0.2, 0) is 14.4 Å². The Morgan fingerprint density at radius 3 is 2.40 bits per heavy atom. The Balaban J connectivity index is 1.54. The van der Waals surface area contributed by atoms with E-state index in [1.807, 2.05) is 30.9 Å². The smallest absolute Gasteiger partial charge is 0.313 e. The van der Waals surface area contributed by atoms with Gasteiger partial charge in [-0.25, -0.2) is 0 Å². The Hall–Kier alpha value is -2.37. The van der Waals surface area contributed by atoms with E-state index < -0.39 is 11.8 Å². The topological polar surface area (TPSA) is 69.7 Å². The first kappa shape index (κ1) is 17.5. The van der Waals surface area contributed by atoms with Gasteiger partial charge in [0.15, 0.2) is 0 Å². The standard InChI is InChI=1S/C19H25N3O3/c1-13-5-6-15(12-14(13)2)20-18(24)19(25)21-10-7-16(8-11-21)22-9-3-4-17(22)23/h5-6,12,16H,3-4,7-11H2,1-2H3,(H,20,24). The van der Waals surface area contributed by atoms with Crippen molar-refractivity contribution in [2.24, 2.45) is 0 Å². The summed E-state index contributed by atoms with van der Waals surface area (Å²) in [5, 5.41) is 2.69. The highest BCUT2D eigenvalue weighted by Crippen LogP contribution is 2.22. The first-order valence-electron chi connectivity index (χ1n) is 8.92. The van der Waals surface area contributed by atoms with E-state index in [9.17, 15) is 14.4 Å². The van der Waals surface area contributed by atoms with Gasteiger partial charge in [-0.15, -0.1) is 0 Å². The van der Waals surface area contributed by atoms with Gasteiger partial charge >= 0.3 is 11.8 Å². The molecule has 6 nitrogen and oxygen atoms in total. The molecule has 2 fully saturated rings. The SMILES string of the molecule is Cc1ccc(NC(=O)C(=O)N2CCC(N3CCCC3=O)CC2)cc1C. The maximum absolute atomic E-state index is 12.4. The fourth-order valence-electron chi connectivity index (χ4n) is 3.58. The molecule has 0 aromatic heterocycles. The summed E-state index contributed by atoms with van der Waals surface area (Å²) < 4.78 is 0. The Bertz CT molecular complexity index is 693. The van der Waals surface area contributed by atoms with Crippen molar-refractivity contribution >= 4 is 23.4 Å². The summed E-state index contributed by atoms with van der Waals surface area (Å²) in [5.41, 5.74) is 2.85. The number of hydrogen-bond donors (Lipinski definition) is 1. The molecule has 0 unspecified atom stereocenters. The third-order valence-corrected chi connectivity index (χ3v) is 5.26. The first-order valence-corrected chi connectivity index (χ1v) is 8.92. The van der Waals surface area contributed by atoms with Crippen molar-refractivity contribution in [3.8, 4) is 0 Å². The van der Waals surface area contributed by atoms with Gasteiger partial charge in [0.05, 0.1) is 0 Å². The summed E-state index contributed by atoms with van der Waals surface area (Å²) in [6.45, 7) is 5.84. The van der Waals surface area contributed by atoms with E-state index in [4.69, 9.17) is 0 Å². The lowest BCUT2D eigenvalue weighted by Gasteiger charge is -2.36. The van der Waals surface area contributed by atoms with Crippen molar-refractivity contribution in [1.82, 2.24) is 9.80 Å². The van der Waals surface area contributed by atoms with E-state index >= 15 is 0 Å². The monoisotopic (exact) mass is 343 g/mol. The van der Waals surface area contributed by atoms with Crippen LogP contribution in [-0.4, -0.2) is 53.2 Å². The van der Waals surface area contributed by atoms with E-state index in [2.05, 4.69) is 5.32 Å². The quantitative estimate of drug-likeness (QED) is 0.833. The van der Waals surface area contributed by atoms with Gasteiger partial charge in [-0.05, 0) is 56.4 Å². The number of piperidine rings is 1.